The van der Waals surface area contributed by atoms with Gasteiger partial charge in [-0.3, -0.25) is 4.79 Å². The van der Waals surface area contributed by atoms with Crippen LogP contribution in [0, 0.1) is 5.92 Å². The highest BCUT2D eigenvalue weighted by Crippen LogP contribution is 2.49. The van der Waals surface area contributed by atoms with E-state index in [4.69, 9.17) is 0 Å². The van der Waals surface area contributed by atoms with Crippen molar-refractivity contribution in [1.82, 2.24) is 0 Å². The minimum absolute atomic E-state index is 0.0470. The largest absolute Gasteiger partial charge is 0.507 e. The number of allylic oxidation sites excluding steroid dienone is 4. The van der Waals surface area contributed by atoms with Gasteiger partial charge in [-0.05, 0) is 41.5 Å². The normalized spacial score (nSPS) is 19.9. The summed E-state index contributed by atoms with van der Waals surface area (Å²) in [6, 6.07) is 17.8. The Kier molecular flexibility index (Phi) is 3.86. The third-order valence-electron chi connectivity index (χ3n) is 6.11. The lowest BCUT2D eigenvalue weighted by atomic mass is 9.73. The summed E-state index contributed by atoms with van der Waals surface area (Å²) in [5.41, 5.74) is 5.82. The van der Waals surface area contributed by atoms with Gasteiger partial charge in [-0.25, -0.2) is 0 Å². The molecule has 2 aromatic carbocycles. The van der Waals surface area contributed by atoms with Crippen molar-refractivity contribution in [2.75, 3.05) is 0 Å². The number of hydrogen-bond donors (Lipinski definition) is 1. The van der Waals surface area contributed by atoms with Gasteiger partial charge in [0.25, 0.3) is 0 Å². The molecule has 1 N–H and O–H groups in total. The Labute approximate surface area is 159 Å². The van der Waals surface area contributed by atoms with Crippen LogP contribution in [0.15, 0.2) is 71.5 Å². The molecule has 3 aliphatic rings. The van der Waals surface area contributed by atoms with Crippen molar-refractivity contribution < 1.29 is 9.90 Å². The molecule has 0 atom stereocenters. The van der Waals surface area contributed by atoms with E-state index in [2.05, 4.69) is 0 Å². The molecule has 0 saturated heterocycles. The Morgan fingerprint density at radius 2 is 1.52 bits per heavy atom. The standard InChI is InChI=1S/C25H22O2/c26-24-20-15-18-13-7-8-14-19(18)23(20)25(27)22(17-11-5-2-6-12-17)21(24)16-9-3-1-4-10-16/h1,3-4,7-10,13-15,17,27H,2,5-6,11-12H2. The zero-order valence-electron chi connectivity index (χ0n) is 15.2. The summed E-state index contributed by atoms with van der Waals surface area (Å²) < 4.78 is 0. The van der Waals surface area contributed by atoms with E-state index >= 15 is 0 Å². The maximum absolute atomic E-state index is 13.6. The molecule has 0 amide bonds. The average Bonchev–Trinajstić information content (AvgIpc) is 3.12. The van der Waals surface area contributed by atoms with Crippen LogP contribution in [0.4, 0.5) is 0 Å². The number of rotatable bonds is 2. The minimum atomic E-state index is 0.0470. The molecule has 2 heteroatoms. The van der Waals surface area contributed by atoms with Crippen molar-refractivity contribution in [3.63, 3.8) is 0 Å². The average molecular weight is 354 g/mol. The highest BCUT2D eigenvalue weighted by atomic mass is 16.3. The molecule has 1 saturated carbocycles. The molecule has 0 aromatic heterocycles. The lowest BCUT2D eigenvalue weighted by molar-refractivity contribution is -0.110. The first-order chi connectivity index (χ1) is 13.3. The fraction of sp³-hybridized carbons (Fsp3) is 0.240. The van der Waals surface area contributed by atoms with E-state index in [1.807, 2.05) is 60.7 Å². The van der Waals surface area contributed by atoms with Crippen molar-refractivity contribution in [3.05, 3.63) is 88.2 Å². The van der Waals surface area contributed by atoms with Gasteiger partial charge in [0, 0.05) is 22.3 Å². The minimum Gasteiger partial charge on any atom is -0.507 e. The Hall–Kier alpha value is -2.87. The summed E-state index contributed by atoms with van der Waals surface area (Å²) >= 11 is 0. The van der Waals surface area contributed by atoms with Gasteiger partial charge in [0.1, 0.15) is 5.76 Å². The molecule has 0 radical (unpaired) electrons. The lowest BCUT2D eigenvalue weighted by Crippen LogP contribution is -2.22. The van der Waals surface area contributed by atoms with E-state index in [-0.39, 0.29) is 11.7 Å². The summed E-state index contributed by atoms with van der Waals surface area (Å²) in [5.74, 6) is 0.613. The van der Waals surface area contributed by atoms with Crippen LogP contribution >= 0.6 is 0 Å². The van der Waals surface area contributed by atoms with Crippen molar-refractivity contribution in [2.45, 2.75) is 32.1 Å². The number of aliphatic hydroxyl groups is 1. The number of benzene rings is 2. The Morgan fingerprint density at radius 1 is 0.815 bits per heavy atom. The highest BCUT2D eigenvalue weighted by Gasteiger charge is 2.39. The molecule has 27 heavy (non-hydrogen) atoms. The van der Waals surface area contributed by atoms with Crippen LogP contribution in [0.1, 0.15) is 48.8 Å². The number of carbonyl (C=O) groups excluding carboxylic acids is 1. The van der Waals surface area contributed by atoms with Crippen molar-refractivity contribution in [3.8, 4) is 0 Å². The molecule has 134 valence electrons. The van der Waals surface area contributed by atoms with Crippen LogP contribution in [-0.4, -0.2) is 10.9 Å². The van der Waals surface area contributed by atoms with Gasteiger partial charge >= 0.3 is 0 Å². The van der Waals surface area contributed by atoms with E-state index in [1.54, 1.807) is 0 Å². The fourth-order valence-corrected chi connectivity index (χ4v) is 4.85. The van der Waals surface area contributed by atoms with Crippen LogP contribution < -0.4 is 0 Å². The van der Waals surface area contributed by atoms with E-state index < -0.39 is 0 Å². The predicted molar refractivity (Wildman–Crippen MR) is 109 cm³/mol. The second-order valence-corrected chi connectivity index (χ2v) is 7.69. The summed E-state index contributed by atoms with van der Waals surface area (Å²) in [6.07, 6.45) is 7.57. The van der Waals surface area contributed by atoms with Crippen LogP contribution in [0.25, 0.3) is 17.2 Å². The van der Waals surface area contributed by atoms with Gasteiger partial charge in [0.05, 0.1) is 0 Å². The molecule has 1 fully saturated rings. The van der Waals surface area contributed by atoms with Gasteiger partial charge in [-0.1, -0.05) is 73.9 Å². The number of fused-ring (bicyclic) bond motifs is 3. The number of aliphatic hydroxyl groups excluding tert-OH is 1. The highest BCUT2D eigenvalue weighted by molar-refractivity contribution is 6.39. The van der Waals surface area contributed by atoms with Gasteiger partial charge in [-0.15, -0.1) is 0 Å². The zero-order chi connectivity index (χ0) is 18.4. The number of Topliss-reactive ketones (excluding diaryl/α,β-unsaturated/α-hetero) is 1. The Balaban J connectivity index is 1.78. The molecular formula is C25H22O2. The van der Waals surface area contributed by atoms with Crippen molar-refractivity contribution in [1.29, 1.82) is 0 Å². The molecule has 3 aliphatic carbocycles. The molecule has 5 rings (SSSR count). The topological polar surface area (TPSA) is 37.3 Å². The number of carbonyl (C=O) groups is 1. The van der Waals surface area contributed by atoms with E-state index in [1.165, 1.54) is 6.42 Å². The maximum Gasteiger partial charge on any atom is 0.194 e. The monoisotopic (exact) mass is 354 g/mol. The maximum atomic E-state index is 13.6. The third kappa shape index (κ3) is 2.51. The van der Waals surface area contributed by atoms with Crippen LogP contribution in [0.3, 0.4) is 0 Å². The fourth-order valence-electron chi connectivity index (χ4n) is 4.85. The van der Waals surface area contributed by atoms with Crippen LogP contribution in [0.2, 0.25) is 0 Å². The van der Waals surface area contributed by atoms with E-state index in [9.17, 15) is 9.90 Å². The first kappa shape index (κ1) is 16.3. The molecule has 0 heterocycles. The second kappa shape index (κ2) is 6.38. The predicted octanol–water partition coefficient (Wildman–Crippen LogP) is 5.97. The second-order valence-electron chi connectivity index (χ2n) is 7.69. The summed E-state index contributed by atoms with van der Waals surface area (Å²) in [4.78, 5) is 13.6. The number of ketones is 1. The molecular weight excluding hydrogens is 332 g/mol. The van der Waals surface area contributed by atoms with Crippen molar-refractivity contribution >= 4 is 23.0 Å². The van der Waals surface area contributed by atoms with Crippen molar-refractivity contribution in [2.24, 2.45) is 5.92 Å². The first-order valence-electron chi connectivity index (χ1n) is 9.85. The van der Waals surface area contributed by atoms with Gasteiger partial charge in [0.2, 0.25) is 0 Å². The SMILES string of the molecule is O=C1C2=Cc3ccccc3C2=C(O)C(C2CCCCC2)=C1c1ccccc1. The van der Waals surface area contributed by atoms with Gasteiger partial charge in [-0.2, -0.15) is 0 Å². The quantitative estimate of drug-likeness (QED) is 0.721. The smallest absolute Gasteiger partial charge is 0.194 e. The van der Waals surface area contributed by atoms with Gasteiger partial charge < -0.3 is 5.11 Å². The first-order valence-corrected chi connectivity index (χ1v) is 9.85. The third-order valence-corrected chi connectivity index (χ3v) is 6.11. The Bertz CT molecular complexity index is 1020. The molecule has 0 unspecified atom stereocenters. The summed E-state index contributed by atoms with van der Waals surface area (Å²) in [5, 5.41) is 11.4. The van der Waals surface area contributed by atoms with E-state index in [0.717, 1.165) is 53.5 Å². The molecule has 2 nitrogen and oxygen atoms in total. The molecule has 0 spiro atoms. The molecule has 0 aliphatic heterocycles. The molecule has 2 aromatic rings. The zero-order valence-corrected chi connectivity index (χ0v) is 15.2. The van der Waals surface area contributed by atoms with Gasteiger partial charge in [0.15, 0.2) is 5.78 Å². The number of hydrogen-bond acceptors (Lipinski definition) is 2. The summed E-state index contributed by atoms with van der Waals surface area (Å²) in [6.45, 7) is 0. The molecule has 0 bridgehead atoms. The lowest BCUT2D eigenvalue weighted by Gasteiger charge is -2.30. The summed E-state index contributed by atoms with van der Waals surface area (Å²) in [7, 11) is 0. The van der Waals surface area contributed by atoms with E-state index in [0.29, 0.717) is 16.9 Å². The van der Waals surface area contributed by atoms with Crippen LogP contribution in [-0.2, 0) is 4.79 Å². The Morgan fingerprint density at radius 3 is 2.30 bits per heavy atom. The van der Waals surface area contributed by atoms with Crippen LogP contribution in [0.5, 0.6) is 0 Å².